The lowest BCUT2D eigenvalue weighted by molar-refractivity contribution is 0.0976. The number of Topliss-reactive ketones (excluding diaryl/α,β-unsaturated/α-hetero) is 1. The van der Waals surface area contributed by atoms with Crippen molar-refractivity contribution in [1.29, 1.82) is 0 Å². The number of primary sulfonamides is 1. The van der Waals surface area contributed by atoms with Crippen LogP contribution in [0.1, 0.15) is 54.2 Å². The highest BCUT2D eigenvalue weighted by atomic mass is 32.2. The van der Waals surface area contributed by atoms with Crippen LogP contribution >= 0.6 is 0 Å². The Morgan fingerprint density at radius 2 is 1.88 bits per heavy atom. The lowest BCUT2D eigenvalue weighted by Crippen LogP contribution is -2.40. The molecule has 182 valence electrons. The van der Waals surface area contributed by atoms with Gasteiger partial charge < -0.3 is 15.0 Å². The van der Waals surface area contributed by atoms with Crippen LogP contribution in [0, 0.1) is 11.2 Å². The van der Waals surface area contributed by atoms with E-state index < -0.39 is 26.4 Å². The van der Waals surface area contributed by atoms with Crippen molar-refractivity contribution in [3.8, 4) is 0 Å². The molecular formula is C25H30FN3O4S. The zero-order valence-corrected chi connectivity index (χ0v) is 20.3. The number of halogens is 1. The zero-order valence-electron chi connectivity index (χ0n) is 19.4. The summed E-state index contributed by atoms with van der Waals surface area (Å²) in [5.41, 5.74) is 2.76. The summed E-state index contributed by atoms with van der Waals surface area (Å²) < 4.78 is 43.2. The standard InChI is InChI=1S/C25H30FN3O4S/c1-24(2)15-19-18(23(30)25(8-9-25)34(27,31)32)6-7-20(26)21(19)28-22(24)16-4-3-5-17(14-16)29-10-12-33-13-11-29/h3-7,14,22,28H,8-13,15H2,1-2H3,(H2,27,31,32). The van der Waals surface area contributed by atoms with Gasteiger partial charge in [-0.15, -0.1) is 0 Å². The quantitative estimate of drug-likeness (QED) is 0.627. The van der Waals surface area contributed by atoms with Crippen molar-refractivity contribution in [3.63, 3.8) is 0 Å². The van der Waals surface area contributed by atoms with Gasteiger partial charge in [0.2, 0.25) is 10.0 Å². The largest absolute Gasteiger partial charge is 0.378 e. The SMILES string of the molecule is CC1(C)Cc2c(C(=O)C3(S(N)(=O)=O)CC3)ccc(F)c2NC1c1cccc(N2CCOCC2)c1. The fraction of sp³-hybridized carbons (Fsp3) is 0.480. The van der Waals surface area contributed by atoms with E-state index in [1.165, 1.54) is 12.1 Å². The monoisotopic (exact) mass is 487 g/mol. The smallest absolute Gasteiger partial charge is 0.222 e. The van der Waals surface area contributed by atoms with Gasteiger partial charge in [-0.25, -0.2) is 17.9 Å². The first-order valence-electron chi connectivity index (χ1n) is 11.6. The minimum Gasteiger partial charge on any atom is -0.378 e. The predicted octanol–water partition coefficient (Wildman–Crippen LogP) is 3.40. The Balaban J connectivity index is 1.52. The molecule has 0 bridgehead atoms. The molecule has 1 atom stereocenters. The van der Waals surface area contributed by atoms with Crippen molar-refractivity contribution >= 4 is 27.2 Å². The summed E-state index contributed by atoms with van der Waals surface area (Å²) in [6, 6.07) is 10.7. The number of fused-ring (bicyclic) bond motifs is 1. The van der Waals surface area contributed by atoms with Gasteiger partial charge in [-0.05, 0) is 60.1 Å². The topological polar surface area (TPSA) is 102 Å². The van der Waals surface area contributed by atoms with Crippen molar-refractivity contribution in [1.82, 2.24) is 0 Å². The summed E-state index contributed by atoms with van der Waals surface area (Å²) in [5.74, 6) is -0.992. The summed E-state index contributed by atoms with van der Waals surface area (Å²) >= 11 is 0. The molecule has 7 nitrogen and oxygen atoms in total. The number of ether oxygens (including phenoxy) is 1. The minimum atomic E-state index is -4.05. The normalized spacial score (nSPS) is 23.1. The van der Waals surface area contributed by atoms with Crippen molar-refractivity contribution < 1.29 is 22.3 Å². The Morgan fingerprint density at radius 1 is 1.18 bits per heavy atom. The van der Waals surface area contributed by atoms with Gasteiger partial charge in [0.15, 0.2) is 5.78 Å². The number of benzene rings is 2. The van der Waals surface area contributed by atoms with E-state index in [4.69, 9.17) is 9.88 Å². The van der Waals surface area contributed by atoms with Crippen LogP contribution in [-0.2, 0) is 21.2 Å². The van der Waals surface area contributed by atoms with E-state index in [1.54, 1.807) is 0 Å². The second kappa shape index (κ2) is 8.03. The first kappa shape index (κ1) is 23.3. The van der Waals surface area contributed by atoms with Gasteiger partial charge in [-0.3, -0.25) is 4.79 Å². The molecule has 2 aliphatic heterocycles. The van der Waals surface area contributed by atoms with E-state index in [0.29, 0.717) is 25.2 Å². The molecule has 3 aliphatic rings. The number of sulfonamides is 1. The van der Waals surface area contributed by atoms with Crippen LogP contribution in [0.3, 0.4) is 0 Å². The molecule has 2 aromatic carbocycles. The van der Waals surface area contributed by atoms with Crippen LogP contribution in [-0.4, -0.2) is 45.3 Å². The third kappa shape index (κ3) is 3.79. The van der Waals surface area contributed by atoms with Gasteiger partial charge in [0.25, 0.3) is 0 Å². The first-order chi connectivity index (χ1) is 16.0. The second-order valence-corrected chi connectivity index (χ2v) is 12.1. The van der Waals surface area contributed by atoms with E-state index in [9.17, 15) is 13.2 Å². The maximum Gasteiger partial charge on any atom is 0.222 e. The summed E-state index contributed by atoms with van der Waals surface area (Å²) in [7, 11) is -4.05. The van der Waals surface area contributed by atoms with Crippen LogP contribution in [0.2, 0.25) is 0 Å². The molecule has 1 unspecified atom stereocenters. The van der Waals surface area contributed by atoms with E-state index in [1.807, 2.05) is 12.1 Å². The van der Waals surface area contributed by atoms with Gasteiger partial charge in [-0.2, -0.15) is 0 Å². The molecule has 5 rings (SSSR count). The molecule has 3 N–H and O–H groups in total. The summed E-state index contributed by atoms with van der Waals surface area (Å²) in [4.78, 5) is 15.6. The molecule has 2 heterocycles. The van der Waals surface area contributed by atoms with Gasteiger partial charge >= 0.3 is 0 Å². The molecule has 2 fully saturated rings. The highest BCUT2D eigenvalue weighted by molar-refractivity contribution is 7.91. The lowest BCUT2D eigenvalue weighted by atomic mass is 9.71. The van der Waals surface area contributed by atoms with Crippen LogP contribution in [0.25, 0.3) is 0 Å². The molecule has 1 saturated heterocycles. The second-order valence-electron chi connectivity index (χ2n) is 10.3. The molecule has 0 radical (unpaired) electrons. The number of carbonyl (C=O) groups is 1. The van der Waals surface area contributed by atoms with Gasteiger partial charge in [0, 0.05) is 24.3 Å². The molecule has 9 heteroatoms. The van der Waals surface area contributed by atoms with Crippen LogP contribution in [0.5, 0.6) is 0 Å². The Kier molecular flexibility index (Phi) is 5.50. The predicted molar refractivity (Wildman–Crippen MR) is 129 cm³/mol. The minimum absolute atomic E-state index is 0.199. The number of nitrogens with one attached hydrogen (secondary N) is 1. The fourth-order valence-electron chi connectivity index (χ4n) is 5.33. The number of nitrogens with zero attached hydrogens (tertiary/aromatic N) is 1. The van der Waals surface area contributed by atoms with Crippen molar-refractivity contribution in [3.05, 3.63) is 58.9 Å². The highest BCUT2D eigenvalue weighted by Crippen LogP contribution is 2.50. The average Bonchev–Trinajstić information content (AvgIpc) is 3.61. The number of hydrogen-bond donors (Lipinski definition) is 2. The van der Waals surface area contributed by atoms with Gasteiger partial charge in [0.1, 0.15) is 10.6 Å². The number of carbonyl (C=O) groups excluding carboxylic acids is 1. The number of hydrogen-bond acceptors (Lipinski definition) is 6. The Morgan fingerprint density at radius 3 is 2.53 bits per heavy atom. The Labute approximate surface area is 199 Å². The molecule has 1 aliphatic carbocycles. The van der Waals surface area contributed by atoms with Gasteiger partial charge in [0.05, 0.1) is 24.9 Å². The van der Waals surface area contributed by atoms with Crippen molar-refractivity contribution in [2.75, 3.05) is 36.5 Å². The summed E-state index contributed by atoms with van der Waals surface area (Å²) in [6.45, 7) is 7.15. The first-order valence-corrected chi connectivity index (χ1v) is 13.2. The van der Waals surface area contributed by atoms with E-state index in [0.717, 1.165) is 24.3 Å². The molecular weight excluding hydrogens is 457 g/mol. The van der Waals surface area contributed by atoms with Crippen molar-refractivity contribution in [2.24, 2.45) is 10.6 Å². The Hall–Kier alpha value is -2.49. The van der Waals surface area contributed by atoms with Crippen LogP contribution in [0.15, 0.2) is 36.4 Å². The van der Waals surface area contributed by atoms with E-state index in [2.05, 4.69) is 36.2 Å². The van der Waals surface area contributed by atoms with E-state index >= 15 is 4.39 Å². The van der Waals surface area contributed by atoms with Crippen molar-refractivity contribution in [2.45, 2.75) is 43.9 Å². The average molecular weight is 488 g/mol. The number of nitrogens with two attached hydrogens (primary N) is 1. The summed E-state index contributed by atoms with van der Waals surface area (Å²) in [6.07, 6.45) is 0.816. The van der Waals surface area contributed by atoms with E-state index in [-0.39, 0.29) is 35.5 Å². The molecule has 34 heavy (non-hydrogen) atoms. The van der Waals surface area contributed by atoms with Crippen LogP contribution in [0.4, 0.5) is 15.8 Å². The number of rotatable bonds is 5. The molecule has 0 amide bonds. The molecule has 0 spiro atoms. The zero-order chi connectivity index (χ0) is 24.3. The number of morpholine rings is 1. The molecule has 2 aromatic rings. The fourth-order valence-corrected chi connectivity index (χ4v) is 6.37. The third-order valence-electron chi connectivity index (χ3n) is 7.45. The lowest BCUT2D eigenvalue weighted by Gasteiger charge is -2.42. The van der Waals surface area contributed by atoms with Crippen LogP contribution < -0.4 is 15.4 Å². The number of anilines is 2. The maximum atomic E-state index is 15.0. The molecule has 1 saturated carbocycles. The Bertz CT molecular complexity index is 1250. The maximum absolute atomic E-state index is 15.0. The van der Waals surface area contributed by atoms with Gasteiger partial charge in [-0.1, -0.05) is 26.0 Å². The highest BCUT2D eigenvalue weighted by Gasteiger charge is 2.60. The third-order valence-corrected chi connectivity index (χ3v) is 9.13. The molecule has 0 aromatic heterocycles. The summed E-state index contributed by atoms with van der Waals surface area (Å²) in [5, 5.41) is 8.75. The number of ketones is 1.